The van der Waals surface area contributed by atoms with E-state index in [2.05, 4.69) is 0 Å². The van der Waals surface area contributed by atoms with Crippen LogP contribution in [0, 0.1) is 11.8 Å². The third-order valence-electron chi connectivity index (χ3n) is 2.20. The molecule has 2 N–H and O–H groups in total. The zero-order chi connectivity index (χ0) is 9.02. The molecule has 3 heteroatoms. The summed E-state index contributed by atoms with van der Waals surface area (Å²) in [5.74, 6) is -1.48. The second-order valence-corrected chi connectivity index (χ2v) is 2.96. The van der Waals surface area contributed by atoms with E-state index in [1.807, 2.05) is 6.92 Å². The molecule has 0 fully saturated rings. The van der Waals surface area contributed by atoms with Crippen molar-refractivity contribution in [2.45, 2.75) is 33.3 Å². The summed E-state index contributed by atoms with van der Waals surface area (Å²) < 4.78 is 0. The van der Waals surface area contributed by atoms with Gasteiger partial charge in [-0.15, -0.1) is 0 Å². The van der Waals surface area contributed by atoms with Crippen LogP contribution < -0.4 is 0 Å². The first-order valence-electron chi connectivity index (χ1n) is 3.91. The molecule has 0 saturated heterocycles. The van der Waals surface area contributed by atoms with Crippen LogP contribution in [0.5, 0.6) is 0 Å². The smallest absolute Gasteiger partial charge is 0.306 e. The maximum Gasteiger partial charge on any atom is 0.306 e. The van der Waals surface area contributed by atoms with Gasteiger partial charge in [0.05, 0.1) is 12.0 Å². The van der Waals surface area contributed by atoms with E-state index in [4.69, 9.17) is 5.11 Å². The van der Waals surface area contributed by atoms with Crippen molar-refractivity contribution >= 4 is 5.97 Å². The van der Waals surface area contributed by atoms with E-state index in [1.54, 1.807) is 13.8 Å². The van der Waals surface area contributed by atoms with E-state index in [1.165, 1.54) is 0 Å². The molecule has 0 aromatic heterocycles. The molecule has 0 aromatic carbocycles. The Bertz CT molecular complexity index is 133. The molecular formula is C8H16O3. The summed E-state index contributed by atoms with van der Waals surface area (Å²) in [6.45, 7) is 5.22. The first kappa shape index (κ1) is 10.4. The number of carboxylic acids is 1. The molecule has 0 aliphatic heterocycles. The van der Waals surface area contributed by atoms with Crippen LogP contribution in [0.25, 0.3) is 0 Å². The van der Waals surface area contributed by atoms with E-state index in [-0.39, 0.29) is 5.92 Å². The molecule has 3 nitrogen and oxygen atoms in total. The predicted molar refractivity (Wildman–Crippen MR) is 42.3 cm³/mol. The molecule has 11 heavy (non-hydrogen) atoms. The molecule has 3 unspecified atom stereocenters. The van der Waals surface area contributed by atoms with Crippen molar-refractivity contribution in [2.75, 3.05) is 0 Å². The molecule has 0 radical (unpaired) electrons. The molecule has 0 saturated carbocycles. The van der Waals surface area contributed by atoms with Crippen LogP contribution in [-0.4, -0.2) is 22.3 Å². The summed E-state index contributed by atoms with van der Waals surface area (Å²) >= 11 is 0. The summed E-state index contributed by atoms with van der Waals surface area (Å²) in [7, 11) is 0. The molecule has 0 aromatic rings. The number of aliphatic hydroxyl groups excluding tert-OH is 1. The van der Waals surface area contributed by atoms with E-state index in [0.717, 1.165) is 0 Å². The van der Waals surface area contributed by atoms with E-state index >= 15 is 0 Å². The zero-order valence-electron chi connectivity index (χ0n) is 7.24. The van der Waals surface area contributed by atoms with Gasteiger partial charge >= 0.3 is 5.97 Å². The van der Waals surface area contributed by atoms with E-state index < -0.39 is 18.0 Å². The number of carboxylic acid groups (broad SMARTS) is 1. The van der Waals surface area contributed by atoms with Gasteiger partial charge in [0.25, 0.3) is 0 Å². The lowest BCUT2D eigenvalue weighted by molar-refractivity contribution is -0.144. The fraction of sp³-hybridized carbons (Fsp3) is 0.875. The highest BCUT2D eigenvalue weighted by Gasteiger charge is 2.24. The van der Waals surface area contributed by atoms with Gasteiger partial charge in [-0.25, -0.2) is 0 Å². The number of aliphatic carboxylic acids is 1. The van der Waals surface area contributed by atoms with E-state index in [9.17, 15) is 9.90 Å². The summed E-state index contributed by atoms with van der Waals surface area (Å²) in [5, 5.41) is 17.9. The lowest BCUT2D eigenvalue weighted by atomic mass is 9.90. The van der Waals surface area contributed by atoms with Crippen LogP contribution in [-0.2, 0) is 4.79 Å². The van der Waals surface area contributed by atoms with Gasteiger partial charge < -0.3 is 10.2 Å². The summed E-state index contributed by atoms with van der Waals surface area (Å²) in [4.78, 5) is 10.5. The average molecular weight is 160 g/mol. The molecule has 0 spiro atoms. The predicted octanol–water partition coefficient (Wildman–Crippen LogP) is 1.11. The van der Waals surface area contributed by atoms with Crippen molar-refractivity contribution in [3.8, 4) is 0 Å². The maximum atomic E-state index is 10.5. The first-order valence-corrected chi connectivity index (χ1v) is 3.91. The Hall–Kier alpha value is -0.570. The Labute approximate surface area is 67.0 Å². The fourth-order valence-corrected chi connectivity index (χ4v) is 0.930. The minimum atomic E-state index is -0.843. The Morgan fingerprint density at radius 1 is 1.45 bits per heavy atom. The molecule has 0 heterocycles. The number of hydrogen-bond acceptors (Lipinski definition) is 2. The molecule has 0 bridgehead atoms. The van der Waals surface area contributed by atoms with Crippen LogP contribution in [0.15, 0.2) is 0 Å². The van der Waals surface area contributed by atoms with Gasteiger partial charge in [0.2, 0.25) is 0 Å². The molecule has 0 rings (SSSR count). The van der Waals surface area contributed by atoms with Crippen LogP contribution in [0.4, 0.5) is 0 Å². The highest BCUT2D eigenvalue weighted by molar-refractivity contribution is 5.69. The van der Waals surface area contributed by atoms with Crippen molar-refractivity contribution < 1.29 is 15.0 Å². The lowest BCUT2D eigenvalue weighted by Gasteiger charge is -2.20. The topological polar surface area (TPSA) is 57.5 Å². The van der Waals surface area contributed by atoms with Crippen molar-refractivity contribution in [2.24, 2.45) is 11.8 Å². The third-order valence-corrected chi connectivity index (χ3v) is 2.20. The quantitative estimate of drug-likeness (QED) is 0.647. The van der Waals surface area contributed by atoms with Crippen LogP contribution in [0.1, 0.15) is 27.2 Å². The normalized spacial score (nSPS) is 18.9. The number of aliphatic hydroxyl groups is 1. The zero-order valence-corrected chi connectivity index (χ0v) is 7.24. The first-order chi connectivity index (χ1) is 5.00. The minimum Gasteiger partial charge on any atom is -0.481 e. The number of hydrogen-bond donors (Lipinski definition) is 2. The Morgan fingerprint density at radius 3 is 2.18 bits per heavy atom. The van der Waals surface area contributed by atoms with Gasteiger partial charge in [0.15, 0.2) is 0 Å². The largest absolute Gasteiger partial charge is 0.481 e. The van der Waals surface area contributed by atoms with Gasteiger partial charge in [-0.3, -0.25) is 4.79 Å². The minimum absolute atomic E-state index is 0.169. The van der Waals surface area contributed by atoms with Gasteiger partial charge in [-0.05, 0) is 12.3 Å². The Balaban J connectivity index is 4.00. The maximum absolute atomic E-state index is 10.5. The molecule has 0 amide bonds. The average Bonchev–Trinajstić information content (AvgIpc) is 2.00. The standard InChI is InChI=1S/C8H16O3/c1-4-7(9)5(2)6(3)8(10)11/h5-7,9H,4H2,1-3H3,(H,10,11). The highest BCUT2D eigenvalue weighted by Crippen LogP contribution is 2.17. The number of carbonyl (C=O) groups is 1. The van der Waals surface area contributed by atoms with Crippen molar-refractivity contribution in [1.29, 1.82) is 0 Å². The van der Waals surface area contributed by atoms with Crippen molar-refractivity contribution in [3.05, 3.63) is 0 Å². The van der Waals surface area contributed by atoms with Crippen LogP contribution in [0.2, 0.25) is 0 Å². The van der Waals surface area contributed by atoms with E-state index in [0.29, 0.717) is 6.42 Å². The monoisotopic (exact) mass is 160 g/mol. The second-order valence-electron chi connectivity index (χ2n) is 2.96. The van der Waals surface area contributed by atoms with Crippen molar-refractivity contribution in [3.63, 3.8) is 0 Å². The highest BCUT2D eigenvalue weighted by atomic mass is 16.4. The lowest BCUT2D eigenvalue weighted by Crippen LogP contribution is -2.28. The van der Waals surface area contributed by atoms with Crippen molar-refractivity contribution in [1.82, 2.24) is 0 Å². The van der Waals surface area contributed by atoms with Gasteiger partial charge in [0, 0.05) is 0 Å². The van der Waals surface area contributed by atoms with Gasteiger partial charge in [-0.2, -0.15) is 0 Å². The summed E-state index contributed by atoms with van der Waals surface area (Å²) in [5.41, 5.74) is 0. The van der Waals surface area contributed by atoms with Crippen LogP contribution in [0.3, 0.4) is 0 Å². The molecule has 0 aliphatic carbocycles. The molecule has 0 aliphatic rings. The molecular weight excluding hydrogens is 144 g/mol. The third kappa shape index (κ3) is 2.89. The summed E-state index contributed by atoms with van der Waals surface area (Å²) in [6, 6.07) is 0. The fourth-order valence-electron chi connectivity index (χ4n) is 0.930. The molecule has 66 valence electrons. The van der Waals surface area contributed by atoms with Crippen LogP contribution >= 0.6 is 0 Å². The Morgan fingerprint density at radius 2 is 1.91 bits per heavy atom. The number of rotatable bonds is 4. The SMILES string of the molecule is CCC(O)C(C)C(C)C(=O)O. The molecule has 3 atom stereocenters. The second kappa shape index (κ2) is 4.34. The summed E-state index contributed by atoms with van der Waals surface area (Å²) in [6.07, 6.45) is 0.111. The Kier molecular flexibility index (Phi) is 4.11. The van der Waals surface area contributed by atoms with Gasteiger partial charge in [-0.1, -0.05) is 20.8 Å². The van der Waals surface area contributed by atoms with Gasteiger partial charge in [0.1, 0.15) is 0 Å².